The first-order valence-electron chi connectivity index (χ1n) is 7.61. The zero-order valence-corrected chi connectivity index (χ0v) is 12.3. The molecule has 0 saturated heterocycles. The van der Waals surface area contributed by atoms with Gasteiger partial charge >= 0.3 is 0 Å². The lowest BCUT2D eigenvalue weighted by atomic mass is 10.0. The summed E-state index contributed by atoms with van der Waals surface area (Å²) in [5.41, 5.74) is 3.74. The Kier molecular flexibility index (Phi) is 3.35. The second-order valence-electron chi connectivity index (χ2n) is 5.56. The van der Waals surface area contributed by atoms with E-state index in [2.05, 4.69) is 39.3 Å². The Morgan fingerprint density at radius 1 is 0.909 bits per heavy atom. The number of aryl methyl sites for hydroxylation is 1. The molecule has 4 rings (SSSR count). The number of rotatable bonds is 2. The molecule has 4 nitrogen and oxygen atoms in total. The summed E-state index contributed by atoms with van der Waals surface area (Å²) in [6.45, 7) is 1.78. The molecule has 4 heteroatoms. The molecule has 110 valence electrons. The van der Waals surface area contributed by atoms with Crippen LogP contribution < -0.4 is 4.90 Å². The highest BCUT2D eigenvalue weighted by atomic mass is 16.5. The number of hydrogen-bond acceptors (Lipinski definition) is 4. The van der Waals surface area contributed by atoms with Crippen LogP contribution in [0.1, 0.15) is 17.5 Å². The maximum Gasteiger partial charge on any atom is 0.266 e. The first-order valence-corrected chi connectivity index (χ1v) is 7.61. The summed E-state index contributed by atoms with van der Waals surface area (Å²) in [7, 11) is 0. The van der Waals surface area contributed by atoms with Gasteiger partial charge in [0.1, 0.15) is 0 Å². The second kappa shape index (κ2) is 5.64. The first kappa shape index (κ1) is 13.1. The number of fused-ring (bicyclic) bond motifs is 1. The van der Waals surface area contributed by atoms with Gasteiger partial charge in [0.2, 0.25) is 0 Å². The second-order valence-corrected chi connectivity index (χ2v) is 5.56. The van der Waals surface area contributed by atoms with Crippen molar-refractivity contribution in [2.24, 2.45) is 0 Å². The molecule has 0 unspecified atom stereocenters. The minimum absolute atomic E-state index is 0.577. The van der Waals surface area contributed by atoms with Crippen LogP contribution in [-0.4, -0.2) is 16.7 Å². The molecule has 1 aromatic heterocycles. The third kappa shape index (κ3) is 2.48. The van der Waals surface area contributed by atoms with Crippen molar-refractivity contribution in [2.45, 2.75) is 19.4 Å². The van der Waals surface area contributed by atoms with E-state index in [-0.39, 0.29) is 0 Å². The van der Waals surface area contributed by atoms with Gasteiger partial charge < -0.3 is 9.42 Å². The smallest absolute Gasteiger partial charge is 0.266 e. The van der Waals surface area contributed by atoms with E-state index in [4.69, 9.17) is 4.52 Å². The minimum atomic E-state index is 0.577. The number of aromatic nitrogens is 2. The van der Waals surface area contributed by atoms with Crippen molar-refractivity contribution >= 4 is 5.95 Å². The normalized spacial score (nSPS) is 14.5. The van der Waals surface area contributed by atoms with E-state index in [1.54, 1.807) is 0 Å². The Morgan fingerprint density at radius 2 is 1.68 bits per heavy atom. The predicted molar refractivity (Wildman–Crippen MR) is 85.5 cm³/mol. The molecule has 0 N–H and O–H groups in total. The van der Waals surface area contributed by atoms with Gasteiger partial charge in [0.15, 0.2) is 0 Å². The van der Waals surface area contributed by atoms with Gasteiger partial charge in [-0.1, -0.05) is 42.5 Å². The van der Waals surface area contributed by atoms with Crippen LogP contribution in [0.2, 0.25) is 0 Å². The van der Waals surface area contributed by atoms with Gasteiger partial charge in [-0.2, -0.15) is 4.98 Å². The lowest BCUT2D eigenvalue weighted by Gasteiger charge is -2.17. The fourth-order valence-electron chi connectivity index (χ4n) is 2.91. The molecule has 1 aliphatic rings. The SMILES string of the molecule is c1ccc(-c2nc(N3CCCc4ccccc4C3)no2)cc1. The van der Waals surface area contributed by atoms with Crippen LogP contribution in [-0.2, 0) is 13.0 Å². The van der Waals surface area contributed by atoms with Gasteiger partial charge in [-0.05, 0) is 41.3 Å². The third-order valence-corrected chi connectivity index (χ3v) is 4.07. The van der Waals surface area contributed by atoms with E-state index < -0.39 is 0 Å². The Morgan fingerprint density at radius 3 is 2.55 bits per heavy atom. The Labute approximate surface area is 129 Å². The summed E-state index contributed by atoms with van der Waals surface area (Å²) in [5.74, 6) is 1.25. The van der Waals surface area contributed by atoms with E-state index in [0.717, 1.165) is 31.5 Å². The highest BCUT2D eigenvalue weighted by molar-refractivity contribution is 5.54. The highest BCUT2D eigenvalue weighted by Crippen LogP contribution is 2.24. The lowest BCUT2D eigenvalue weighted by Crippen LogP contribution is -2.23. The van der Waals surface area contributed by atoms with Crippen molar-refractivity contribution in [1.29, 1.82) is 0 Å². The van der Waals surface area contributed by atoms with Crippen LogP contribution in [0.15, 0.2) is 59.1 Å². The van der Waals surface area contributed by atoms with Gasteiger partial charge in [0.25, 0.3) is 11.8 Å². The standard InChI is InChI=1S/C18H17N3O/c1-2-8-15(9-3-1)17-19-18(20-22-17)21-12-6-11-14-7-4-5-10-16(14)13-21/h1-5,7-10H,6,11-13H2. The third-order valence-electron chi connectivity index (χ3n) is 4.07. The fourth-order valence-corrected chi connectivity index (χ4v) is 2.91. The molecule has 0 saturated carbocycles. The monoisotopic (exact) mass is 291 g/mol. The van der Waals surface area contributed by atoms with Gasteiger partial charge in [-0.3, -0.25) is 0 Å². The lowest BCUT2D eigenvalue weighted by molar-refractivity contribution is 0.429. The maximum atomic E-state index is 5.43. The number of anilines is 1. The van der Waals surface area contributed by atoms with Crippen LogP contribution in [0.4, 0.5) is 5.95 Å². The van der Waals surface area contributed by atoms with Crippen molar-refractivity contribution < 1.29 is 4.52 Å². The molecule has 0 spiro atoms. The molecule has 2 aromatic carbocycles. The van der Waals surface area contributed by atoms with Crippen molar-refractivity contribution in [1.82, 2.24) is 10.1 Å². The number of benzene rings is 2. The van der Waals surface area contributed by atoms with Crippen LogP contribution >= 0.6 is 0 Å². The van der Waals surface area contributed by atoms with E-state index in [1.807, 2.05) is 30.3 Å². The Balaban J connectivity index is 1.62. The summed E-state index contributed by atoms with van der Waals surface area (Å²) in [6, 6.07) is 18.5. The molecule has 0 atom stereocenters. The molecular weight excluding hydrogens is 274 g/mol. The maximum absolute atomic E-state index is 5.43. The molecular formula is C18H17N3O. The van der Waals surface area contributed by atoms with Gasteiger partial charge in [0.05, 0.1) is 0 Å². The molecule has 2 heterocycles. The van der Waals surface area contributed by atoms with Crippen molar-refractivity contribution in [3.63, 3.8) is 0 Å². The van der Waals surface area contributed by atoms with Gasteiger partial charge in [0, 0.05) is 18.7 Å². The molecule has 0 fully saturated rings. The summed E-state index contributed by atoms with van der Waals surface area (Å²) in [4.78, 5) is 6.76. The van der Waals surface area contributed by atoms with Crippen molar-refractivity contribution in [3.05, 3.63) is 65.7 Å². The predicted octanol–water partition coefficient (Wildman–Crippen LogP) is 3.69. The zero-order valence-electron chi connectivity index (χ0n) is 12.3. The zero-order chi connectivity index (χ0) is 14.8. The highest BCUT2D eigenvalue weighted by Gasteiger charge is 2.19. The Hall–Kier alpha value is -2.62. The summed E-state index contributed by atoms with van der Waals surface area (Å²) < 4.78 is 5.43. The molecule has 1 aliphatic heterocycles. The topological polar surface area (TPSA) is 42.2 Å². The van der Waals surface area contributed by atoms with E-state index in [0.29, 0.717) is 11.8 Å². The van der Waals surface area contributed by atoms with Crippen molar-refractivity contribution in [2.75, 3.05) is 11.4 Å². The average Bonchev–Trinajstić information content (AvgIpc) is 2.96. The largest absolute Gasteiger partial charge is 0.334 e. The van der Waals surface area contributed by atoms with Crippen LogP contribution in [0.3, 0.4) is 0 Å². The summed E-state index contributed by atoms with van der Waals surface area (Å²) in [6.07, 6.45) is 2.21. The Bertz CT molecular complexity index is 767. The molecule has 0 bridgehead atoms. The molecule has 0 aliphatic carbocycles. The van der Waals surface area contributed by atoms with Crippen molar-refractivity contribution in [3.8, 4) is 11.5 Å². The average molecular weight is 291 g/mol. The molecule has 0 amide bonds. The minimum Gasteiger partial charge on any atom is -0.334 e. The molecule has 3 aromatic rings. The van der Waals surface area contributed by atoms with E-state index >= 15 is 0 Å². The quantitative estimate of drug-likeness (QED) is 0.722. The van der Waals surface area contributed by atoms with Gasteiger partial charge in [-0.25, -0.2) is 0 Å². The first-order chi connectivity index (χ1) is 10.9. The summed E-state index contributed by atoms with van der Waals surface area (Å²) in [5, 5.41) is 4.17. The number of hydrogen-bond donors (Lipinski definition) is 0. The van der Waals surface area contributed by atoms with Crippen LogP contribution in [0.5, 0.6) is 0 Å². The fraction of sp³-hybridized carbons (Fsp3) is 0.222. The summed E-state index contributed by atoms with van der Waals surface area (Å²) >= 11 is 0. The molecule has 0 radical (unpaired) electrons. The van der Waals surface area contributed by atoms with Crippen LogP contribution in [0.25, 0.3) is 11.5 Å². The number of nitrogens with zero attached hydrogens (tertiary/aromatic N) is 3. The van der Waals surface area contributed by atoms with E-state index in [9.17, 15) is 0 Å². The molecule has 22 heavy (non-hydrogen) atoms. The van der Waals surface area contributed by atoms with Crippen LogP contribution in [0, 0.1) is 0 Å². The van der Waals surface area contributed by atoms with Gasteiger partial charge in [-0.15, -0.1) is 0 Å². The van der Waals surface area contributed by atoms with E-state index in [1.165, 1.54) is 11.1 Å².